The Hall–Kier alpha value is -0.140. The molecule has 0 saturated carbocycles. The Labute approximate surface area is 117 Å². The average molecular weight is 312 g/mol. The first-order valence-electron chi connectivity index (χ1n) is 5.82. The Bertz CT molecular complexity index is 468. The third-order valence-corrected chi connectivity index (χ3v) is 6.46. The summed E-state index contributed by atoms with van der Waals surface area (Å²) >= 11 is 6.90. The topological polar surface area (TPSA) is 66.4 Å². The Morgan fingerprint density at radius 2 is 2.06 bits per heavy atom. The molecule has 0 amide bonds. The molecule has 0 aromatic carbocycles. The molecule has 1 aromatic rings. The summed E-state index contributed by atoms with van der Waals surface area (Å²) in [5.41, 5.74) is 0. The first-order valence-corrected chi connectivity index (χ1v) is 8.56. The van der Waals surface area contributed by atoms with Crippen molar-refractivity contribution in [3.8, 4) is 0 Å². The summed E-state index contributed by atoms with van der Waals surface area (Å²) in [5, 5.41) is 11.2. The lowest BCUT2D eigenvalue weighted by molar-refractivity contribution is 0.209. The molecule has 18 heavy (non-hydrogen) atoms. The van der Waals surface area contributed by atoms with Gasteiger partial charge in [0.05, 0.1) is 11.6 Å². The number of halogens is 1. The summed E-state index contributed by atoms with van der Waals surface area (Å²) in [4.78, 5) is 0. The van der Waals surface area contributed by atoms with E-state index in [1.807, 2.05) is 13.8 Å². The van der Waals surface area contributed by atoms with E-state index in [-0.39, 0.29) is 21.8 Å². The van der Waals surface area contributed by atoms with Crippen LogP contribution >= 0.6 is 22.9 Å². The van der Waals surface area contributed by atoms with Crippen molar-refractivity contribution in [3.63, 3.8) is 0 Å². The minimum Gasteiger partial charge on any atom is -0.395 e. The summed E-state index contributed by atoms with van der Waals surface area (Å²) in [5.74, 6) is 0.114. The zero-order chi connectivity index (χ0) is 13.8. The van der Waals surface area contributed by atoms with Gasteiger partial charge < -0.3 is 5.11 Å². The number of thiophene rings is 1. The summed E-state index contributed by atoms with van der Waals surface area (Å²) < 4.78 is 26.9. The van der Waals surface area contributed by atoms with Crippen LogP contribution in [0, 0.1) is 5.92 Å². The second-order valence-corrected chi connectivity index (χ2v) is 7.28. The van der Waals surface area contributed by atoms with Crippen molar-refractivity contribution in [2.24, 2.45) is 5.92 Å². The number of aliphatic hydroxyl groups is 1. The van der Waals surface area contributed by atoms with E-state index < -0.39 is 16.1 Å². The number of rotatable bonds is 7. The van der Waals surface area contributed by atoms with Crippen LogP contribution in [0.5, 0.6) is 0 Å². The lowest BCUT2D eigenvalue weighted by Crippen LogP contribution is -2.42. The molecule has 0 unspecified atom stereocenters. The Morgan fingerprint density at radius 1 is 1.44 bits per heavy atom. The normalized spacial score (nSPS) is 14.1. The molecular formula is C11H18ClNO3S2. The van der Waals surface area contributed by atoms with Crippen LogP contribution in [-0.2, 0) is 10.0 Å². The standard InChI is InChI=1S/C11H18ClNO3S2/c1-3-8(4-2)10(7-14)13-18(15,16)11-9(12)5-6-17-11/h5-6,8,10,13-14H,3-4,7H2,1-2H3/t10-/m1/s1. The molecule has 0 aliphatic carbocycles. The Kier molecular flexibility index (Phi) is 6.07. The third kappa shape index (κ3) is 3.68. The molecular weight excluding hydrogens is 294 g/mol. The van der Waals surface area contributed by atoms with Gasteiger partial charge in [0, 0.05) is 6.04 Å². The van der Waals surface area contributed by atoms with Crippen molar-refractivity contribution in [3.05, 3.63) is 16.5 Å². The molecule has 7 heteroatoms. The smallest absolute Gasteiger partial charge is 0.251 e. The molecule has 0 fully saturated rings. The van der Waals surface area contributed by atoms with Gasteiger partial charge in [-0.05, 0) is 17.4 Å². The van der Waals surface area contributed by atoms with Gasteiger partial charge in [-0.3, -0.25) is 0 Å². The van der Waals surface area contributed by atoms with E-state index in [1.165, 1.54) is 0 Å². The van der Waals surface area contributed by atoms with Gasteiger partial charge in [0.2, 0.25) is 0 Å². The molecule has 104 valence electrons. The van der Waals surface area contributed by atoms with E-state index in [2.05, 4.69) is 4.72 Å². The molecule has 1 heterocycles. The number of hydrogen-bond donors (Lipinski definition) is 2. The van der Waals surface area contributed by atoms with E-state index in [0.29, 0.717) is 0 Å². The van der Waals surface area contributed by atoms with Crippen molar-refractivity contribution in [1.82, 2.24) is 4.72 Å². The highest BCUT2D eigenvalue weighted by molar-refractivity contribution is 7.91. The first-order chi connectivity index (χ1) is 8.46. The summed E-state index contributed by atoms with van der Waals surface area (Å²) in [7, 11) is -3.65. The molecule has 1 aromatic heterocycles. The van der Waals surface area contributed by atoms with Crippen LogP contribution in [0.2, 0.25) is 5.02 Å². The van der Waals surface area contributed by atoms with E-state index in [1.54, 1.807) is 11.4 Å². The van der Waals surface area contributed by atoms with Crippen LogP contribution < -0.4 is 4.72 Å². The zero-order valence-corrected chi connectivity index (χ0v) is 12.8. The number of nitrogens with one attached hydrogen (secondary N) is 1. The summed E-state index contributed by atoms with van der Waals surface area (Å²) in [6.45, 7) is 3.74. The average Bonchev–Trinajstić information content (AvgIpc) is 2.76. The van der Waals surface area contributed by atoms with Gasteiger partial charge in [-0.2, -0.15) is 0 Å². The monoisotopic (exact) mass is 311 g/mol. The van der Waals surface area contributed by atoms with Crippen molar-refractivity contribution in [1.29, 1.82) is 0 Å². The Morgan fingerprint density at radius 3 is 2.44 bits per heavy atom. The van der Waals surface area contributed by atoms with Gasteiger partial charge in [-0.25, -0.2) is 13.1 Å². The maximum absolute atomic E-state index is 12.1. The molecule has 1 rings (SSSR count). The molecule has 0 aliphatic rings. The van der Waals surface area contributed by atoms with Crippen molar-refractivity contribution in [2.45, 2.75) is 36.9 Å². The van der Waals surface area contributed by atoms with Crippen LogP contribution in [0.4, 0.5) is 0 Å². The fourth-order valence-electron chi connectivity index (χ4n) is 1.86. The molecule has 0 radical (unpaired) electrons. The predicted molar refractivity (Wildman–Crippen MR) is 74.6 cm³/mol. The fourth-order valence-corrected chi connectivity index (χ4v) is 4.86. The highest BCUT2D eigenvalue weighted by Crippen LogP contribution is 2.27. The lowest BCUT2D eigenvalue weighted by atomic mass is 9.96. The minimum absolute atomic E-state index is 0.105. The van der Waals surface area contributed by atoms with Crippen molar-refractivity contribution >= 4 is 33.0 Å². The zero-order valence-electron chi connectivity index (χ0n) is 10.4. The highest BCUT2D eigenvalue weighted by atomic mass is 35.5. The van der Waals surface area contributed by atoms with Crippen LogP contribution in [0.3, 0.4) is 0 Å². The van der Waals surface area contributed by atoms with Crippen LogP contribution in [0.15, 0.2) is 15.7 Å². The molecule has 2 N–H and O–H groups in total. The van der Waals surface area contributed by atoms with E-state index in [9.17, 15) is 13.5 Å². The predicted octanol–water partition coefficient (Wildman–Crippen LogP) is 2.48. The van der Waals surface area contributed by atoms with Crippen LogP contribution in [-0.4, -0.2) is 26.2 Å². The minimum atomic E-state index is -3.65. The largest absolute Gasteiger partial charge is 0.395 e. The summed E-state index contributed by atoms with van der Waals surface area (Å²) in [6, 6.07) is 1.08. The maximum atomic E-state index is 12.1. The number of hydrogen-bond acceptors (Lipinski definition) is 4. The van der Waals surface area contributed by atoms with Crippen LogP contribution in [0.1, 0.15) is 26.7 Å². The van der Waals surface area contributed by atoms with E-state index in [0.717, 1.165) is 24.2 Å². The van der Waals surface area contributed by atoms with Gasteiger partial charge in [0.15, 0.2) is 4.21 Å². The van der Waals surface area contributed by atoms with Crippen molar-refractivity contribution in [2.75, 3.05) is 6.61 Å². The molecule has 4 nitrogen and oxygen atoms in total. The lowest BCUT2D eigenvalue weighted by Gasteiger charge is -2.24. The van der Waals surface area contributed by atoms with Crippen molar-refractivity contribution < 1.29 is 13.5 Å². The fraction of sp³-hybridized carbons (Fsp3) is 0.636. The molecule has 0 aliphatic heterocycles. The second-order valence-electron chi connectivity index (χ2n) is 4.04. The van der Waals surface area contributed by atoms with E-state index >= 15 is 0 Å². The maximum Gasteiger partial charge on any atom is 0.251 e. The molecule has 1 atom stereocenters. The van der Waals surface area contributed by atoms with E-state index in [4.69, 9.17) is 11.6 Å². The molecule has 0 saturated heterocycles. The van der Waals surface area contributed by atoms with Gasteiger partial charge in [-0.15, -0.1) is 11.3 Å². The van der Waals surface area contributed by atoms with Gasteiger partial charge in [-0.1, -0.05) is 38.3 Å². The number of aliphatic hydroxyl groups excluding tert-OH is 1. The quantitative estimate of drug-likeness (QED) is 0.813. The SMILES string of the molecule is CCC(CC)[C@@H](CO)NS(=O)(=O)c1sccc1Cl. The first kappa shape index (κ1) is 15.9. The van der Waals surface area contributed by atoms with Crippen LogP contribution in [0.25, 0.3) is 0 Å². The van der Waals surface area contributed by atoms with Gasteiger partial charge in [0.1, 0.15) is 0 Å². The summed E-state index contributed by atoms with van der Waals surface area (Å²) in [6.07, 6.45) is 1.62. The number of sulfonamides is 1. The second kappa shape index (κ2) is 6.86. The Balaban J connectivity index is 2.91. The molecule has 0 spiro atoms. The van der Waals surface area contributed by atoms with Gasteiger partial charge >= 0.3 is 0 Å². The molecule has 0 bridgehead atoms. The highest BCUT2D eigenvalue weighted by Gasteiger charge is 2.27. The third-order valence-electron chi connectivity index (χ3n) is 2.95. The van der Waals surface area contributed by atoms with Gasteiger partial charge in [0.25, 0.3) is 10.0 Å².